The highest BCUT2D eigenvalue weighted by molar-refractivity contribution is 5.80. The summed E-state index contributed by atoms with van der Waals surface area (Å²) in [5.41, 5.74) is -0.801. The largest absolute Gasteiger partial charge is 0.481 e. The fourth-order valence-electron chi connectivity index (χ4n) is 2.44. The van der Waals surface area contributed by atoms with Crippen molar-refractivity contribution in [3.63, 3.8) is 0 Å². The predicted molar refractivity (Wildman–Crippen MR) is 65.6 cm³/mol. The molecule has 0 saturated heterocycles. The van der Waals surface area contributed by atoms with Crippen LogP contribution in [0.2, 0.25) is 0 Å². The minimum absolute atomic E-state index is 0.0284. The SMILES string of the molecule is CC(C)CC(=O)NC1CCCCC1(C)C(=O)O. The van der Waals surface area contributed by atoms with Gasteiger partial charge >= 0.3 is 5.97 Å². The van der Waals surface area contributed by atoms with Gasteiger partial charge in [0.1, 0.15) is 0 Å². The molecule has 1 rings (SSSR count). The first kappa shape index (κ1) is 14.0. The molecule has 0 bridgehead atoms. The molecule has 0 spiro atoms. The summed E-state index contributed by atoms with van der Waals surface area (Å²) in [5, 5.41) is 12.2. The van der Waals surface area contributed by atoms with Crippen molar-refractivity contribution in [3.8, 4) is 0 Å². The number of carboxylic acid groups (broad SMARTS) is 1. The van der Waals surface area contributed by atoms with Crippen molar-refractivity contribution >= 4 is 11.9 Å². The van der Waals surface area contributed by atoms with Gasteiger partial charge in [-0.15, -0.1) is 0 Å². The number of hydrogen-bond acceptors (Lipinski definition) is 2. The molecule has 1 saturated carbocycles. The van der Waals surface area contributed by atoms with Crippen LogP contribution >= 0.6 is 0 Å². The molecule has 1 aliphatic carbocycles. The Bertz CT molecular complexity index is 301. The number of rotatable bonds is 4. The molecule has 0 aromatic heterocycles. The molecule has 2 N–H and O–H groups in total. The number of hydrogen-bond donors (Lipinski definition) is 2. The summed E-state index contributed by atoms with van der Waals surface area (Å²) in [4.78, 5) is 23.1. The molecule has 0 aliphatic heterocycles. The molecule has 98 valence electrons. The van der Waals surface area contributed by atoms with Crippen molar-refractivity contribution in [2.24, 2.45) is 11.3 Å². The van der Waals surface area contributed by atoms with E-state index in [1.165, 1.54) is 0 Å². The van der Waals surface area contributed by atoms with Gasteiger partial charge in [0.05, 0.1) is 5.41 Å². The molecule has 0 radical (unpaired) electrons. The molecule has 0 aromatic rings. The van der Waals surface area contributed by atoms with Crippen LogP contribution in [0.4, 0.5) is 0 Å². The van der Waals surface area contributed by atoms with Gasteiger partial charge in [-0.3, -0.25) is 9.59 Å². The molecule has 2 atom stereocenters. The van der Waals surface area contributed by atoms with Gasteiger partial charge in [0.25, 0.3) is 0 Å². The van der Waals surface area contributed by atoms with Gasteiger partial charge in [-0.05, 0) is 25.7 Å². The average Bonchev–Trinajstić information content (AvgIpc) is 2.20. The molecule has 4 nitrogen and oxygen atoms in total. The molecule has 2 unspecified atom stereocenters. The third-order valence-corrected chi connectivity index (χ3v) is 3.63. The third kappa shape index (κ3) is 3.45. The van der Waals surface area contributed by atoms with Gasteiger partial charge in [0.15, 0.2) is 0 Å². The van der Waals surface area contributed by atoms with Crippen molar-refractivity contribution in [2.45, 2.75) is 58.9 Å². The van der Waals surface area contributed by atoms with Gasteiger partial charge in [0.2, 0.25) is 5.91 Å². The molecule has 1 aliphatic rings. The lowest BCUT2D eigenvalue weighted by Gasteiger charge is -2.38. The first-order valence-electron chi connectivity index (χ1n) is 6.39. The van der Waals surface area contributed by atoms with E-state index in [0.29, 0.717) is 18.8 Å². The van der Waals surface area contributed by atoms with Crippen LogP contribution < -0.4 is 5.32 Å². The summed E-state index contributed by atoms with van der Waals surface area (Å²) >= 11 is 0. The molecular formula is C13H23NO3. The first-order valence-corrected chi connectivity index (χ1v) is 6.39. The van der Waals surface area contributed by atoms with E-state index in [2.05, 4.69) is 5.32 Å². The van der Waals surface area contributed by atoms with E-state index in [9.17, 15) is 14.7 Å². The maximum Gasteiger partial charge on any atom is 0.311 e. The minimum Gasteiger partial charge on any atom is -0.481 e. The summed E-state index contributed by atoms with van der Waals surface area (Å²) in [5.74, 6) is -0.527. The maximum atomic E-state index is 11.7. The van der Waals surface area contributed by atoms with Crippen molar-refractivity contribution in [1.82, 2.24) is 5.32 Å². The summed E-state index contributed by atoms with van der Waals surface area (Å²) in [6, 6.07) is -0.222. The molecule has 0 aromatic carbocycles. The summed E-state index contributed by atoms with van der Waals surface area (Å²) in [6.45, 7) is 5.71. The Morgan fingerprint density at radius 3 is 2.59 bits per heavy atom. The van der Waals surface area contributed by atoms with E-state index in [4.69, 9.17) is 0 Å². The van der Waals surface area contributed by atoms with E-state index in [-0.39, 0.29) is 11.9 Å². The molecular weight excluding hydrogens is 218 g/mol. The number of carbonyl (C=O) groups excluding carboxylic acids is 1. The zero-order valence-corrected chi connectivity index (χ0v) is 11.0. The van der Waals surface area contributed by atoms with Gasteiger partial charge < -0.3 is 10.4 Å². The van der Waals surface area contributed by atoms with Crippen molar-refractivity contribution < 1.29 is 14.7 Å². The van der Waals surface area contributed by atoms with Crippen LogP contribution in [0, 0.1) is 11.3 Å². The average molecular weight is 241 g/mol. The van der Waals surface area contributed by atoms with E-state index < -0.39 is 11.4 Å². The minimum atomic E-state index is -0.801. The Morgan fingerprint density at radius 1 is 1.41 bits per heavy atom. The Labute approximate surface area is 103 Å². The van der Waals surface area contributed by atoms with Gasteiger partial charge in [-0.2, -0.15) is 0 Å². The predicted octanol–water partition coefficient (Wildman–Crippen LogP) is 2.18. The summed E-state index contributed by atoms with van der Waals surface area (Å²) < 4.78 is 0. The standard InChI is InChI=1S/C13H23NO3/c1-9(2)8-11(15)14-10-6-4-5-7-13(10,3)12(16)17/h9-10H,4-8H2,1-3H3,(H,14,15)(H,16,17). The van der Waals surface area contributed by atoms with E-state index in [1.807, 2.05) is 13.8 Å². The van der Waals surface area contributed by atoms with Crippen LogP contribution in [-0.4, -0.2) is 23.0 Å². The maximum absolute atomic E-state index is 11.7. The Hall–Kier alpha value is -1.06. The van der Waals surface area contributed by atoms with Gasteiger partial charge in [-0.25, -0.2) is 0 Å². The van der Waals surface area contributed by atoms with Crippen LogP contribution in [0.3, 0.4) is 0 Å². The van der Waals surface area contributed by atoms with Gasteiger partial charge in [-0.1, -0.05) is 26.7 Å². The molecule has 1 amide bonds. The van der Waals surface area contributed by atoms with Crippen molar-refractivity contribution in [1.29, 1.82) is 0 Å². The fraction of sp³-hybridized carbons (Fsp3) is 0.846. The lowest BCUT2D eigenvalue weighted by molar-refractivity contribution is -0.152. The van der Waals surface area contributed by atoms with Crippen molar-refractivity contribution in [3.05, 3.63) is 0 Å². The van der Waals surface area contributed by atoms with E-state index >= 15 is 0 Å². The Kier molecular flexibility index (Phi) is 4.54. The number of carboxylic acids is 1. The smallest absolute Gasteiger partial charge is 0.311 e. The van der Waals surface area contributed by atoms with Crippen LogP contribution in [0.15, 0.2) is 0 Å². The van der Waals surface area contributed by atoms with Crippen LogP contribution in [0.1, 0.15) is 52.9 Å². The zero-order valence-electron chi connectivity index (χ0n) is 11.0. The molecule has 1 fully saturated rings. The first-order chi connectivity index (χ1) is 7.86. The second-order valence-electron chi connectivity index (χ2n) is 5.69. The highest BCUT2D eigenvalue weighted by Crippen LogP contribution is 2.36. The summed E-state index contributed by atoms with van der Waals surface area (Å²) in [7, 11) is 0. The van der Waals surface area contributed by atoms with Gasteiger partial charge in [0, 0.05) is 12.5 Å². The lowest BCUT2D eigenvalue weighted by atomic mass is 9.71. The number of amides is 1. The second kappa shape index (κ2) is 5.52. The van der Waals surface area contributed by atoms with Crippen molar-refractivity contribution in [2.75, 3.05) is 0 Å². The third-order valence-electron chi connectivity index (χ3n) is 3.63. The quantitative estimate of drug-likeness (QED) is 0.792. The Balaban J connectivity index is 2.66. The highest BCUT2D eigenvalue weighted by Gasteiger charge is 2.43. The lowest BCUT2D eigenvalue weighted by Crippen LogP contribution is -2.52. The molecule has 4 heteroatoms. The second-order valence-corrected chi connectivity index (χ2v) is 5.69. The number of nitrogens with one attached hydrogen (secondary N) is 1. The number of carbonyl (C=O) groups is 2. The summed E-state index contributed by atoms with van der Waals surface area (Å²) in [6.07, 6.45) is 3.81. The van der Waals surface area contributed by atoms with Crippen LogP contribution in [-0.2, 0) is 9.59 Å². The zero-order chi connectivity index (χ0) is 13.1. The topological polar surface area (TPSA) is 66.4 Å². The fourth-order valence-corrected chi connectivity index (χ4v) is 2.44. The van der Waals surface area contributed by atoms with E-state index in [0.717, 1.165) is 19.3 Å². The Morgan fingerprint density at radius 2 is 2.06 bits per heavy atom. The molecule has 17 heavy (non-hydrogen) atoms. The van der Waals surface area contributed by atoms with Crippen LogP contribution in [0.5, 0.6) is 0 Å². The number of aliphatic carboxylic acids is 1. The normalized spacial score (nSPS) is 29.1. The molecule has 0 heterocycles. The van der Waals surface area contributed by atoms with Crippen LogP contribution in [0.25, 0.3) is 0 Å². The highest BCUT2D eigenvalue weighted by atomic mass is 16.4. The monoisotopic (exact) mass is 241 g/mol. The van der Waals surface area contributed by atoms with E-state index in [1.54, 1.807) is 6.92 Å².